The maximum Gasteiger partial charge on any atom is 0.191 e. The van der Waals surface area contributed by atoms with E-state index in [4.69, 9.17) is 17.3 Å². The first-order chi connectivity index (χ1) is 9.25. The Balaban J connectivity index is 1.71. The molecule has 0 bridgehead atoms. The zero-order valence-electron chi connectivity index (χ0n) is 10.7. The highest BCUT2D eigenvalue weighted by Gasteiger charge is 2.11. The van der Waals surface area contributed by atoms with E-state index < -0.39 is 0 Å². The molecule has 0 amide bonds. The Kier molecular flexibility index (Phi) is 6.20. The largest absolute Gasteiger partial charge is 0.370 e. The van der Waals surface area contributed by atoms with Crippen LogP contribution in [-0.2, 0) is 0 Å². The second kappa shape index (κ2) is 7.92. The van der Waals surface area contributed by atoms with E-state index in [2.05, 4.69) is 9.89 Å². The predicted octanol–water partition coefficient (Wildman–Crippen LogP) is 2.80. The molecule has 0 saturated carbocycles. The number of guanidine groups is 1. The molecule has 1 heterocycles. The van der Waals surface area contributed by atoms with Gasteiger partial charge in [0.25, 0.3) is 0 Å². The summed E-state index contributed by atoms with van der Waals surface area (Å²) < 4.78 is 0. The Morgan fingerprint density at radius 1 is 1.32 bits per heavy atom. The second-order valence-electron chi connectivity index (χ2n) is 4.14. The molecule has 0 spiro atoms. The average molecular weight is 316 g/mol. The van der Waals surface area contributed by atoms with E-state index in [1.807, 2.05) is 36.0 Å². The van der Waals surface area contributed by atoms with Gasteiger partial charge < -0.3 is 10.6 Å². The summed E-state index contributed by atoms with van der Waals surface area (Å²) in [5.41, 5.74) is 5.99. The van der Waals surface area contributed by atoms with Gasteiger partial charge in [-0.2, -0.15) is 11.8 Å². The van der Waals surface area contributed by atoms with Gasteiger partial charge in [-0.05, 0) is 24.3 Å². The van der Waals surface area contributed by atoms with Crippen molar-refractivity contribution >= 4 is 41.1 Å². The molecule has 0 aromatic heterocycles. The van der Waals surface area contributed by atoms with Gasteiger partial charge >= 0.3 is 0 Å². The molecular weight excluding hydrogens is 298 g/mol. The summed E-state index contributed by atoms with van der Waals surface area (Å²) in [4.78, 5) is 7.83. The van der Waals surface area contributed by atoms with Gasteiger partial charge in [-0.25, -0.2) is 0 Å². The molecule has 1 aliphatic rings. The molecule has 1 aliphatic heterocycles. The van der Waals surface area contributed by atoms with Crippen molar-refractivity contribution in [2.45, 2.75) is 4.90 Å². The summed E-state index contributed by atoms with van der Waals surface area (Å²) in [6.07, 6.45) is 0. The summed E-state index contributed by atoms with van der Waals surface area (Å²) in [5, 5.41) is 0.773. The number of aliphatic imine (C=N–C) groups is 1. The van der Waals surface area contributed by atoms with Crippen LogP contribution >= 0.6 is 35.1 Å². The molecule has 0 atom stereocenters. The first kappa shape index (κ1) is 14.9. The number of rotatable bonds is 4. The molecule has 1 saturated heterocycles. The van der Waals surface area contributed by atoms with Crippen molar-refractivity contribution in [2.24, 2.45) is 10.7 Å². The maximum atomic E-state index is 5.99. The smallest absolute Gasteiger partial charge is 0.191 e. The minimum absolute atomic E-state index is 0.692. The van der Waals surface area contributed by atoms with E-state index in [0.29, 0.717) is 5.96 Å². The Labute approximate surface area is 128 Å². The molecule has 2 N–H and O–H groups in total. The average Bonchev–Trinajstić information content (AvgIpc) is 2.46. The topological polar surface area (TPSA) is 41.6 Å². The fourth-order valence-electron chi connectivity index (χ4n) is 1.75. The molecule has 1 aromatic carbocycles. The van der Waals surface area contributed by atoms with Crippen molar-refractivity contribution in [3.05, 3.63) is 29.3 Å². The lowest BCUT2D eigenvalue weighted by atomic mass is 10.4. The van der Waals surface area contributed by atoms with Gasteiger partial charge in [0, 0.05) is 40.3 Å². The van der Waals surface area contributed by atoms with Crippen LogP contribution in [0, 0.1) is 0 Å². The van der Waals surface area contributed by atoms with Crippen LogP contribution in [0.25, 0.3) is 0 Å². The van der Waals surface area contributed by atoms with Crippen molar-refractivity contribution in [3.63, 3.8) is 0 Å². The Morgan fingerprint density at radius 2 is 2.00 bits per heavy atom. The monoisotopic (exact) mass is 315 g/mol. The number of nitrogens with zero attached hydrogens (tertiary/aromatic N) is 2. The standard InChI is InChI=1S/C13H18ClN3S2/c14-11-1-3-12(4-2-11)19-8-5-16-13(15)17-6-9-18-10-7-17/h1-4H,5-10H2,(H2,15,16). The molecule has 3 nitrogen and oxygen atoms in total. The first-order valence-corrected chi connectivity index (χ1v) is 8.78. The van der Waals surface area contributed by atoms with Gasteiger partial charge in [0.15, 0.2) is 5.96 Å². The molecule has 1 fully saturated rings. The predicted molar refractivity (Wildman–Crippen MR) is 87.6 cm³/mol. The number of hydrogen-bond acceptors (Lipinski definition) is 3. The van der Waals surface area contributed by atoms with Gasteiger partial charge in [0.2, 0.25) is 0 Å². The third-order valence-electron chi connectivity index (χ3n) is 2.78. The fraction of sp³-hybridized carbons (Fsp3) is 0.462. The van der Waals surface area contributed by atoms with Crippen LogP contribution in [0.5, 0.6) is 0 Å². The van der Waals surface area contributed by atoms with Crippen LogP contribution in [0.15, 0.2) is 34.2 Å². The van der Waals surface area contributed by atoms with E-state index in [1.165, 1.54) is 4.90 Å². The van der Waals surface area contributed by atoms with Gasteiger partial charge in [-0.15, -0.1) is 11.8 Å². The highest BCUT2D eigenvalue weighted by atomic mass is 35.5. The van der Waals surface area contributed by atoms with Gasteiger partial charge in [-0.3, -0.25) is 4.99 Å². The van der Waals surface area contributed by atoms with Crippen molar-refractivity contribution < 1.29 is 0 Å². The van der Waals surface area contributed by atoms with Crippen LogP contribution in [-0.4, -0.2) is 47.8 Å². The number of thioether (sulfide) groups is 2. The lowest BCUT2D eigenvalue weighted by Crippen LogP contribution is -2.42. The fourth-order valence-corrected chi connectivity index (χ4v) is 3.52. The molecule has 2 rings (SSSR count). The van der Waals surface area contributed by atoms with Crippen molar-refractivity contribution in [1.29, 1.82) is 0 Å². The van der Waals surface area contributed by atoms with Gasteiger partial charge in [0.1, 0.15) is 0 Å². The van der Waals surface area contributed by atoms with E-state index in [9.17, 15) is 0 Å². The summed E-state index contributed by atoms with van der Waals surface area (Å²) in [6, 6.07) is 7.88. The van der Waals surface area contributed by atoms with Crippen LogP contribution in [0.2, 0.25) is 5.02 Å². The van der Waals surface area contributed by atoms with Crippen LogP contribution < -0.4 is 5.73 Å². The summed E-state index contributed by atoms with van der Waals surface area (Å²) in [7, 11) is 0. The van der Waals surface area contributed by atoms with E-state index >= 15 is 0 Å². The zero-order valence-corrected chi connectivity index (χ0v) is 13.1. The molecule has 0 unspecified atom stereocenters. The Bertz CT molecular complexity index is 416. The normalized spacial score (nSPS) is 16.7. The van der Waals surface area contributed by atoms with E-state index in [0.717, 1.165) is 41.9 Å². The molecule has 19 heavy (non-hydrogen) atoms. The lowest BCUT2D eigenvalue weighted by Gasteiger charge is -2.27. The highest BCUT2D eigenvalue weighted by molar-refractivity contribution is 7.99. The quantitative estimate of drug-likeness (QED) is 0.401. The zero-order chi connectivity index (χ0) is 13.5. The number of nitrogens with two attached hydrogens (primary N) is 1. The van der Waals surface area contributed by atoms with E-state index in [1.54, 1.807) is 11.8 Å². The van der Waals surface area contributed by atoms with E-state index in [-0.39, 0.29) is 0 Å². The maximum absolute atomic E-state index is 5.99. The first-order valence-electron chi connectivity index (χ1n) is 6.27. The SMILES string of the molecule is NC(=NCCSc1ccc(Cl)cc1)N1CCSCC1. The summed E-state index contributed by atoms with van der Waals surface area (Å²) in [5.74, 6) is 3.92. The molecule has 104 valence electrons. The molecular formula is C13H18ClN3S2. The van der Waals surface area contributed by atoms with Crippen LogP contribution in [0.4, 0.5) is 0 Å². The molecule has 0 aliphatic carbocycles. The molecule has 1 aromatic rings. The number of hydrogen-bond donors (Lipinski definition) is 1. The highest BCUT2D eigenvalue weighted by Crippen LogP contribution is 2.20. The number of halogens is 1. The van der Waals surface area contributed by atoms with Crippen LogP contribution in [0.3, 0.4) is 0 Å². The van der Waals surface area contributed by atoms with Gasteiger partial charge in [-0.1, -0.05) is 11.6 Å². The summed E-state index contributed by atoms with van der Waals surface area (Å²) in [6.45, 7) is 2.79. The summed E-state index contributed by atoms with van der Waals surface area (Å²) >= 11 is 9.60. The Morgan fingerprint density at radius 3 is 2.68 bits per heavy atom. The minimum atomic E-state index is 0.692. The second-order valence-corrected chi connectivity index (χ2v) is 6.97. The third-order valence-corrected chi connectivity index (χ3v) is 4.97. The van der Waals surface area contributed by atoms with Gasteiger partial charge in [0.05, 0.1) is 6.54 Å². The number of benzene rings is 1. The molecule has 6 heteroatoms. The molecule has 0 radical (unpaired) electrons. The van der Waals surface area contributed by atoms with Crippen molar-refractivity contribution in [1.82, 2.24) is 4.90 Å². The van der Waals surface area contributed by atoms with Crippen molar-refractivity contribution in [2.75, 3.05) is 36.9 Å². The Hall–Kier alpha value is -0.520. The lowest BCUT2D eigenvalue weighted by molar-refractivity contribution is 0.456. The van der Waals surface area contributed by atoms with Crippen LogP contribution in [0.1, 0.15) is 0 Å². The van der Waals surface area contributed by atoms with Crippen molar-refractivity contribution in [3.8, 4) is 0 Å². The minimum Gasteiger partial charge on any atom is -0.370 e. The third kappa shape index (κ3) is 5.16.